The molecule has 4 N–H and O–H groups in total. The van der Waals surface area contributed by atoms with Gasteiger partial charge in [0.1, 0.15) is 23.3 Å². The molecule has 0 aliphatic carbocycles. The molecule has 0 atom stereocenters. The van der Waals surface area contributed by atoms with E-state index in [0.29, 0.717) is 29.8 Å². The summed E-state index contributed by atoms with van der Waals surface area (Å²) in [6.07, 6.45) is -3.17. The molecule has 0 aliphatic rings. The number of halogens is 3. The first-order valence-electron chi connectivity index (χ1n) is 9.87. The summed E-state index contributed by atoms with van der Waals surface area (Å²) in [6.45, 7) is 4.19. The molecule has 0 spiro atoms. The molecule has 0 unspecified atom stereocenters. The van der Waals surface area contributed by atoms with Crippen molar-refractivity contribution in [3.05, 3.63) is 60.0 Å². The van der Waals surface area contributed by atoms with Gasteiger partial charge in [-0.15, -0.1) is 13.2 Å². The number of amides is 2. The first kappa shape index (κ1) is 23.6. The lowest BCUT2D eigenvalue weighted by atomic mass is 10.3. The summed E-state index contributed by atoms with van der Waals surface area (Å²) in [6, 6.07) is 10.1. The third-order valence-electron chi connectivity index (χ3n) is 4.09. The minimum atomic E-state index is -4.86. The minimum absolute atomic E-state index is 0.104. The van der Waals surface area contributed by atoms with E-state index < -0.39 is 18.1 Å². The number of hydrogen-bond acceptors (Lipinski definition) is 7. The van der Waals surface area contributed by atoms with Crippen LogP contribution in [0.2, 0.25) is 0 Å². The number of nitrogens with one attached hydrogen (secondary N) is 4. The summed E-state index contributed by atoms with van der Waals surface area (Å²) in [7, 11) is 0. The maximum absolute atomic E-state index is 12.5. The second-order valence-corrected chi connectivity index (χ2v) is 6.88. The molecule has 3 rings (SSSR count). The number of carbonyl (C=O) groups is 1. The average Bonchev–Trinajstić information content (AvgIpc) is 2.71. The molecule has 33 heavy (non-hydrogen) atoms. The van der Waals surface area contributed by atoms with E-state index in [2.05, 4.69) is 41.0 Å². The van der Waals surface area contributed by atoms with Gasteiger partial charge in [-0.2, -0.15) is 0 Å². The van der Waals surface area contributed by atoms with E-state index in [4.69, 9.17) is 0 Å². The first-order chi connectivity index (χ1) is 15.7. The number of aromatic nitrogens is 3. The zero-order valence-corrected chi connectivity index (χ0v) is 17.8. The molecule has 9 nitrogen and oxygen atoms in total. The summed E-state index contributed by atoms with van der Waals surface area (Å²) >= 11 is 0. The zero-order chi connectivity index (χ0) is 23.8. The molecular formula is C21H22F3N7O2. The van der Waals surface area contributed by atoms with Crippen LogP contribution in [0.1, 0.15) is 11.4 Å². The summed E-state index contributed by atoms with van der Waals surface area (Å²) in [5.74, 6) is 1.76. The largest absolute Gasteiger partial charge is 0.573 e. The Morgan fingerprint density at radius 3 is 2.52 bits per heavy atom. The fourth-order valence-electron chi connectivity index (χ4n) is 2.77. The number of alkyl halides is 3. The van der Waals surface area contributed by atoms with E-state index in [0.717, 1.165) is 11.6 Å². The van der Waals surface area contributed by atoms with Gasteiger partial charge in [-0.05, 0) is 43.7 Å². The first-order valence-corrected chi connectivity index (χ1v) is 9.87. The topological polar surface area (TPSA) is 113 Å². The SMILES string of the molecule is Cc1ccnc(Nc2cc(NCCNC(=O)Nc3ccccc3OC(F)(F)F)nc(C)n2)c1. The quantitative estimate of drug-likeness (QED) is 0.369. The van der Waals surface area contributed by atoms with E-state index in [1.807, 2.05) is 19.1 Å². The molecule has 174 valence electrons. The van der Waals surface area contributed by atoms with Crippen molar-refractivity contribution in [1.82, 2.24) is 20.3 Å². The van der Waals surface area contributed by atoms with Crippen LogP contribution in [0.25, 0.3) is 0 Å². The van der Waals surface area contributed by atoms with E-state index in [1.54, 1.807) is 19.2 Å². The van der Waals surface area contributed by atoms with Crippen molar-refractivity contribution >= 4 is 29.2 Å². The molecule has 2 heterocycles. The maximum atomic E-state index is 12.5. The van der Waals surface area contributed by atoms with Crippen molar-refractivity contribution in [2.24, 2.45) is 0 Å². The van der Waals surface area contributed by atoms with Crippen LogP contribution in [-0.2, 0) is 0 Å². The predicted octanol–water partition coefficient (Wildman–Crippen LogP) is 4.36. The molecular weight excluding hydrogens is 439 g/mol. The highest BCUT2D eigenvalue weighted by atomic mass is 19.4. The Hall–Kier alpha value is -4.09. The lowest BCUT2D eigenvalue weighted by molar-refractivity contribution is -0.274. The Labute approximate surface area is 187 Å². The molecule has 3 aromatic rings. The van der Waals surface area contributed by atoms with Crippen LogP contribution in [0.3, 0.4) is 0 Å². The van der Waals surface area contributed by atoms with E-state index in [-0.39, 0.29) is 12.2 Å². The molecule has 0 saturated carbocycles. The number of nitrogens with zero attached hydrogens (tertiary/aromatic N) is 3. The molecule has 0 saturated heterocycles. The average molecular weight is 461 g/mol. The Bertz CT molecular complexity index is 1110. The van der Waals surface area contributed by atoms with Gasteiger partial charge in [0.25, 0.3) is 0 Å². The zero-order valence-electron chi connectivity index (χ0n) is 17.8. The van der Waals surface area contributed by atoms with E-state index in [9.17, 15) is 18.0 Å². The predicted molar refractivity (Wildman–Crippen MR) is 118 cm³/mol. The third-order valence-corrected chi connectivity index (χ3v) is 4.09. The van der Waals surface area contributed by atoms with Crippen LogP contribution in [0.4, 0.5) is 41.1 Å². The summed E-state index contributed by atoms with van der Waals surface area (Å²) in [5, 5.41) is 11.1. The number of para-hydroxylation sites is 2. The van der Waals surface area contributed by atoms with Gasteiger partial charge in [0.2, 0.25) is 0 Å². The van der Waals surface area contributed by atoms with Gasteiger partial charge >= 0.3 is 12.4 Å². The Morgan fingerprint density at radius 1 is 1.00 bits per heavy atom. The van der Waals surface area contributed by atoms with Gasteiger partial charge in [0, 0.05) is 25.4 Å². The molecule has 2 amide bonds. The van der Waals surface area contributed by atoms with Gasteiger partial charge in [-0.1, -0.05) is 12.1 Å². The van der Waals surface area contributed by atoms with Crippen LogP contribution >= 0.6 is 0 Å². The molecule has 2 aromatic heterocycles. The molecule has 12 heteroatoms. The van der Waals surface area contributed by atoms with Crippen molar-refractivity contribution in [3.63, 3.8) is 0 Å². The van der Waals surface area contributed by atoms with Crippen LogP contribution < -0.4 is 26.0 Å². The maximum Gasteiger partial charge on any atom is 0.573 e. The van der Waals surface area contributed by atoms with Crippen molar-refractivity contribution < 1.29 is 22.7 Å². The minimum Gasteiger partial charge on any atom is -0.404 e. The van der Waals surface area contributed by atoms with Crippen molar-refractivity contribution in [2.75, 3.05) is 29.0 Å². The van der Waals surface area contributed by atoms with E-state index >= 15 is 0 Å². The number of benzene rings is 1. The highest BCUT2D eigenvalue weighted by Crippen LogP contribution is 2.29. The smallest absolute Gasteiger partial charge is 0.404 e. The molecule has 0 aliphatic heterocycles. The standard InChI is InChI=1S/C21H22F3N7O2/c1-13-7-8-25-17(11-13)31-19-12-18(28-14(2)29-19)26-9-10-27-20(32)30-15-5-3-4-6-16(15)33-21(22,23)24/h3-8,11-12H,9-10H2,1-2H3,(H2,27,30,32)(H2,25,26,28,29,31). The number of urea groups is 1. The molecule has 1 aromatic carbocycles. The van der Waals surface area contributed by atoms with Crippen molar-refractivity contribution in [2.45, 2.75) is 20.2 Å². The Kier molecular flexibility index (Phi) is 7.49. The number of anilines is 4. The van der Waals surface area contributed by atoms with Gasteiger partial charge < -0.3 is 26.0 Å². The molecule has 0 fully saturated rings. The van der Waals surface area contributed by atoms with Crippen LogP contribution in [-0.4, -0.2) is 40.4 Å². The fourth-order valence-corrected chi connectivity index (χ4v) is 2.77. The molecule has 0 bridgehead atoms. The third kappa shape index (κ3) is 7.83. The van der Waals surface area contributed by atoms with Gasteiger partial charge in [-0.3, -0.25) is 0 Å². The van der Waals surface area contributed by atoms with Crippen molar-refractivity contribution in [1.29, 1.82) is 0 Å². The van der Waals surface area contributed by atoms with Gasteiger partial charge in [-0.25, -0.2) is 19.7 Å². The number of pyridine rings is 1. The normalized spacial score (nSPS) is 10.9. The van der Waals surface area contributed by atoms with Crippen LogP contribution in [0, 0.1) is 13.8 Å². The number of aryl methyl sites for hydroxylation is 2. The number of carbonyl (C=O) groups excluding carboxylic acids is 1. The number of hydrogen-bond donors (Lipinski definition) is 4. The summed E-state index contributed by atoms with van der Waals surface area (Å²) < 4.78 is 41.4. The van der Waals surface area contributed by atoms with Gasteiger partial charge in [0.05, 0.1) is 5.69 Å². The number of ether oxygens (including phenoxy) is 1. The van der Waals surface area contributed by atoms with Crippen LogP contribution in [0.15, 0.2) is 48.7 Å². The highest BCUT2D eigenvalue weighted by Gasteiger charge is 2.32. The Morgan fingerprint density at radius 2 is 1.76 bits per heavy atom. The second-order valence-electron chi connectivity index (χ2n) is 6.88. The molecule has 0 radical (unpaired) electrons. The second kappa shape index (κ2) is 10.5. The van der Waals surface area contributed by atoms with Crippen LogP contribution in [0.5, 0.6) is 5.75 Å². The Balaban J connectivity index is 1.50. The lowest BCUT2D eigenvalue weighted by Gasteiger charge is -2.14. The number of rotatable bonds is 8. The van der Waals surface area contributed by atoms with Crippen molar-refractivity contribution in [3.8, 4) is 5.75 Å². The summed E-state index contributed by atoms with van der Waals surface area (Å²) in [4.78, 5) is 24.9. The lowest BCUT2D eigenvalue weighted by Crippen LogP contribution is -2.33. The monoisotopic (exact) mass is 461 g/mol. The summed E-state index contributed by atoms with van der Waals surface area (Å²) in [5.41, 5.74) is 0.945. The fraction of sp³-hybridized carbons (Fsp3) is 0.238. The highest BCUT2D eigenvalue weighted by molar-refractivity contribution is 5.90. The van der Waals surface area contributed by atoms with E-state index in [1.165, 1.54) is 18.2 Å². The van der Waals surface area contributed by atoms with Gasteiger partial charge in [0.15, 0.2) is 5.75 Å².